The Morgan fingerprint density at radius 3 is 2.83 bits per heavy atom. The third-order valence-corrected chi connectivity index (χ3v) is 3.45. The molecule has 3 rings (SSSR count). The standard InChI is InChI=1S/C12H10Cl2N4/c1-17-12(15-7-16-17)6-18-3-2-9-10(14)4-8(13)5-11(9)18/h2-5,7H,6H2,1H3. The van der Waals surface area contributed by atoms with Crippen molar-refractivity contribution in [2.45, 2.75) is 6.54 Å². The summed E-state index contributed by atoms with van der Waals surface area (Å²) in [5.41, 5.74) is 0.996. The Morgan fingerprint density at radius 2 is 2.11 bits per heavy atom. The normalized spacial score (nSPS) is 11.3. The van der Waals surface area contributed by atoms with Crippen LogP contribution in [0.25, 0.3) is 10.9 Å². The highest BCUT2D eigenvalue weighted by Gasteiger charge is 2.08. The summed E-state index contributed by atoms with van der Waals surface area (Å²) in [5.74, 6) is 0.878. The minimum absolute atomic E-state index is 0.630. The molecule has 0 unspecified atom stereocenters. The van der Waals surface area contributed by atoms with Crippen LogP contribution in [0.1, 0.15) is 5.82 Å². The Hall–Kier alpha value is -1.52. The van der Waals surface area contributed by atoms with Gasteiger partial charge >= 0.3 is 0 Å². The van der Waals surface area contributed by atoms with E-state index in [1.807, 2.05) is 25.4 Å². The lowest BCUT2D eigenvalue weighted by atomic mass is 10.2. The Kier molecular flexibility index (Phi) is 2.76. The topological polar surface area (TPSA) is 35.6 Å². The van der Waals surface area contributed by atoms with Gasteiger partial charge in [0.1, 0.15) is 12.2 Å². The van der Waals surface area contributed by atoms with E-state index in [0.29, 0.717) is 16.6 Å². The molecule has 0 spiro atoms. The van der Waals surface area contributed by atoms with Crippen molar-refractivity contribution < 1.29 is 0 Å². The first-order valence-corrected chi connectivity index (χ1v) is 6.17. The molecule has 0 aliphatic rings. The molecule has 0 atom stereocenters. The molecule has 0 fully saturated rings. The average Bonchev–Trinajstić information content (AvgIpc) is 2.88. The van der Waals surface area contributed by atoms with Crippen molar-refractivity contribution in [2.75, 3.05) is 0 Å². The third kappa shape index (κ3) is 1.87. The van der Waals surface area contributed by atoms with Gasteiger partial charge in [0.05, 0.1) is 17.1 Å². The zero-order valence-electron chi connectivity index (χ0n) is 9.64. The van der Waals surface area contributed by atoms with Gasteiger partial charge in [-0.15, -0.1) is 0 Å². The van der Waals surface area contributed by atoms with Crippen LogP contribution in [-0.2, 0) is 13.6 Å². The van der Waals surface area contributed by atoms with Crippen molar-refractivity contribution >= 4 is 34.1 Å². The highest BCUT2D eigenvalue weighted by Crippen LogP contribution is 2.28. The van der Waals surface area contributed by atoms with E-state index < -0.39 is 0 Å². The fourth-order valence-corrected chi connectivity index (χ4v) is 2.52. The first-order chi connectivity index (χ1) is 8.65. The van der Waals surface area contributed by atoms with Crippen molar-refractivity contribution in [2.24, 2.45) is 7.05 Å². The quantitative estimate of drug-likeness (QED) is 0.723. The van der Waals surface area contributed by atoms with Crippen molar-refractivity contribution in [3.63, 3.8) is 0 Å². The van der Waals surface area contributed by atoms with Gasteiger partial charge in [-0.3, -0.25) is 4.68 Å². The molecule has 1 aromatic carbocycles. The fraction of sp³-hybridized carbons (Fsp3) is 0.167. The monoisotopic (exact) mass is 280 g/mol. The lowest BCUT2D eigenvalue weighted by molar-refractivity contribution is 0.664. The molecule has 4 nitrogen and oxygen atoms in total. The molecule has 2 aromatic heterocycles. The van der Waals surface area contributed by atoms with Gasteiger partial charge in [0.15, 0.2) is 0 Å². The van der Waals surface area contributed by atoms with Gasteiger partial charge in [-0.05, 0) is 18.2 Å². The van der Waals surface area contributed by atoms with E-state index in [1.54, 1.807) is 17.1 Å². The van der Waals surface area contributed by atoms with Crippen molar-refractivity contribution in [1.29, 1.82) is 0 Å². The minimum Gasteiger partial charge on any atom is -0.340 e. The number of hydrogen-bond donors (Lipinski definition) is 0. The average molecular weight is 281 g/mol. The smallest absolute Gasteiger partial charge is 0.146 e. The van der Waals surface area contributed by atoms with Crippen LogP contribution in [-0.4, -0.2) is 19.3 Å². The van der Waals surface area contributed by atoms with Crippen LogP contribution >= 0.6 is 23.2 Å². The first-order valence-electron chi connectivity index (χ1n) is 5.42. The van der Waals surface area contributed by atoms with E-state index in [2.05, 4.69) is 14.6 Å². The van der Waals surface area contributed by atoms with Crippen molar-refractivity contribution in [1.82, 2.24) is 19.3 Å². The molecule has 2 heterocycles. The van der Waals surface area contributed by atoms with Crippen molar-refractivity contribution in [3.8, 4) is 0 Å². The minimum atomic E-state index is 0.630. The third-order valence-electron chi connectivity index (χ3n) is 2.92. The highest BCUT2D eigenvalue weighted by molar-refractivity contribution is 6.38. The molecule has 0 bridgehead atoms. The van der Waals surface area contributed by atoms with Crippen LogP contribution in [0.2, 0.25) is 10.0 Å². The number of benzene rings is 1. The van der Waals surface area contributed by atoms with Crippen LogP contribution < -0.4 is 0 Å². The summed E-state index contributed by atoms with van der Waals surface area (Å²) >= 11 is 12.2. The number of aromatic nitrogens is 4. The largest absolute Gasteiger partial charge is 0.340 e. The van der Waals surface area contributed by atoms with Gasteiger partial charge in [-0.2, -0.15) is 5.10 Å². The predicted octanol–water partition coefficient (Wildman–Crippen LogP) is 3.12. The van der Waals surface area contributed by atoms with Gasteiger partial charge in [-0.25, -0.2) is 4.98 Å². The summed E-state index contributed by atoms with van der Waals surface area (Å²) in [6, 6.07) is 5.63. The number of nitrogens with zero attached hydrogens (tertiary/aromatic N) is 4. The Morgan fingerprint density at radius 1 is 1.28 bits per heavy atom. The van der Waals surface area contributed by atoms with Gasteiger partial charge < -0.3 is 4.57 Å². The maximum atomic E-state index is 6.16. The Balaban J connectivity index is 2.10. The maximum absolute atomic E-state index is 6.16. The predicted molar refractivity (Wildman–Crippen MR) is 72.1 cm³/mol. The first kappa shape index (κ1) is 11.6. The SMILES string of the molecule is Cn1ncnc1Cn1ccc2c(Cl)cc(Cl)cc21. The molecule has 6 heteroatoms. The lowest BCUT2D eigenvalue weighted by Gasteiger charge is -2.05. The van der Waals surface area contributed by atoms with E-state index in [-0.39, 0.29) is 0 Å². The van der Waals surface area contributed by atoms with E-state index in [1.165, 1.54) is 0 Å². The second-order valence-corrected chi connectivity index (χ2v) is 4.91. The zero-order valence-corrected chi connectivity index (χ0v) is 11.2. The highest BCUT2D eigenvalue weighted by atomic mass is 35.5. The molecule has 0 saturated heterocycles. The van der Waals surface area contributed by atoms with Crippen molar-refractivity contribution in [3.05, 3.63) is 46.6 Å². The van der Waals surface area contributed by atoms with Crippen LogP contribution in [0, 0.1) is 0 Å². The second-order valence-electron chi connectivity index (χ2n) is 4.06. The molecule has 0 saturated carbocycles. The summed E-state index contributed by atoms with van der Waals surface area (Å²) in [6.45, 7) is 0.636. The zero-order chi connectivity index (χ0) is 12.7. The summed E-state index contributed by atoms with van der Waals surface area (Å²) in [7, 11) is 1.87. The summed E-state index contributed by atoms with van der Waals surface area (Å²) in [6.07, 6.45) is 3.52. The molecule has 0 amide bonds. The van der Waals surface area contributed by atoms with Crippen LogP contribution in [0.4, 0.5) is 0 Å². The maximum Gasteiger partial charge on any atom is 0.146 e. The molecular formula is C12H10Cl2N4. The molecule has 3 aromatic rings. The summed E-state index contributed by atoms with van der Waals surface area (Å²) in [5, 5.41) is 6.33. The van der Waals surface area contributed by atoms with Gasteiger partial charge in [0, 0.05) is 23.7 Å². The second kappa shape index (κ2) is 4.30. The van der Waals surface area contributed by atoms with E-state index in [4.69, 9.17) is 23.2 Å². The Labute approximate surface area is 114 Å². The number of rotatable bonds is 2. The van der Waals surface area contributed by atoms with E-state index in [0.717, 1.165) is 16.7 Å². The molecule has 0 aliphatic heterocycles. The lowest BCUT2D eigenvalue weighted by Crippen LogP contribution is -2.05. The number of fused-ring (bicyclic) bond motifs is 1. The molecule has 0 N–H and O–H groups in total. The van der Waals surface area contributed by atoms with Crippen LogP contribution in [0.5, 0.6) is 0 Å². The van der Waals surface area contributed by atoms with Gasteiger partial charge in [0.2, 0.25) is 0 Å². The van der Waals surface area contributed by atoms with Gasteiger partial charge in [-0.1, -0.05) is 23.2 Å². The summed E-state index contributed by atoms with van der Waals surface area (Å²) in [4.78, 5) is 4.21. The Bertz CT molecular complexity index is 714. The number of aryl methyl sites for hydroxylation is 1. The molecule has 0 aliphatic carbocycles. The summed E-state index contributed by atoms with van der Waals surface area (Å²) < 4.78 is 3.80. The molecule has 92 valence electrons. The van der Waals surface area contributed by atoms with Crippen LogP contribution in [0.15, 0.2) is 30.7 Å². The van der Waals surface area contributed by atoms with Crippen LogP contribution in [0.3, 0.4) is 0 Å². The molecule has 18 heavy (non-hydrogen) atoms. The van der Waals surface area contributed by atoms with E-state index >= 15 is 0 Å². The molecular weight excluding hydrogens is 271 g/mol. The van der Waals surface area contributed by atoms with Gasteiger partial charge in [0.25, 0.3) is 0 Å². The number of halogens is 2. The fourth-order valence-electron chi connectivity index (χ4n) is 1.97. The van der Waals surface area contributed by atoms with E-state index in [9.17, 15) is 0 Å². The molecule has 0 radical (unpaired) electrons. The number of hydrogen-bond acceptors (Lipinski definition) is 2.